The van der Waals surface area contributed by atoms with Gasteiger partial charge in [0.2, 0.25) is 5.95 Å². The molecular formula is C32H41ClN6O4S. The summed E-state index contributed by atoms with van der Waals surface area (Å²) in [6, 6.07) is 13.6. The molecule has 2 N–H and O–H groups in total. The van der Waals surface area contributed by atoms with Crippen molar-refractivity contribution in [3.8, 4) is 5.75 Å². The number of rotatable bonds is 11. The molecule has 44 heavy (non-hydrogen) atoms. The monoisotopic (exact) mass is 640 g/mol. The number of hydrogen-bond donors (Lipinski definition) is 2. The van der Waals surface area contributed by atoms with Crippen LogP contribution in [0.25, 0.3) is 0 Å². The normalized spacial score (nSPS) is 18.4. The molecule has 236 valence electrons. The predicted octanol–water partition coefficient (Wildman–Crippen LogP) is 5.89. The highest BCUT2D eigenvalue weighted by molar-refractivity contribution is 7.92. The molecule has 0 radical (unpaired) electrons. The molecule has 2 aliphatic heterocycles. The molecule has 3 fully saturated rings. The Hall–Kier alpha value is -3.12. The van der Waals surface area contributed by atoms with Crippen LogP contribution in [0.4, 0.5) is 28.8 Å². The third-order valence-electron chi connectivity index (χ3n) is 8.59. The maximum Gasteiger partial charge on any atom is 0.229 e. The second-order valence-corrected chi connectivity index (χ2v) is 14.9. The van der Waals surface area contributed by atoms with Gasteiger partial charge in [-0.2, -0.15) is 4.98 Å². The van der Waals surface area contributed by atoms with E-state index in [9.17, 15) is 8.42 Å². The minimum absolute atomic E-state index is 0.194. The molecule has 0 bridgehead atoms. The molecule has 0 unspecified atom stereocenters. The Kier molecular flexibility index (Phi) is 9.46. The first-order valence-corrected chi connectivity index (χ1v) is 17.4. The van der Waals surface area contributed by atoms with E-state index in [0.717, 1.165) is 69.4 Å². The van der Waals surface area contributed by atoms with E-state index in [1.807, 2.05) is 6.07 Å². The van der Waals surface area contributed by atoms with E-state index in [2.05, 4.69) is 42.5 Å². The van der Waals surface area contributed by atoms with Crippen molar-refractivity contribution in [2.75, 3.05) is 61.5 Å². The van der Waals surface area contributed by atoms with Crippen LogP contribution in [-0.2, 0) is 14.6 Å². The topological polar surface area (TPSA) is 109 Å². The predicted molar refractivity (Wildman–Crippen MR) is 175 cm³/mol. The number of para-hydroxylation sites is 1. The van der Waals surface area contributed by atoms with Gasteiger partial charge in [0.05, 0.1) is 47.5 Å². The molecule has 3 aromatic rings. The number of benzene rings is 2. The molecule has 0 atom stereocenters. The van der Waals surface area contributed by atoms with Crippen LogP contribution < -0.4 is 20.3 Å². The largest absolute Gasteiger partial charge is 0.491 e. The van der Waals surface area contributed by atoms with Crippen molar-refractivity contribution in [3.63, 3.8) is 0 Å². The van der Waals surface area contributed by atoms with Gasteiger partial charge in [-0.15, -0.1) is 0 Å². The first-order valence-electron chi connectivity index (χ1n) is 15.5. The minimum atomic E-state index is -3.53. The van der Waals surface area contributed by atoms with Crippen LogP contribution in [0.5, 0.6) is 5.75 Å². The second kappa shape index (κ2) is 13.5. The molecule has 0 amide bonds. The summed E-state index contributed by atoms with van der Waals surface area (Å²) >= 11 is 6.46. The molecule has 1 aromatic heterocycles. The lowest BCUT2D eigenvalue weighted by molar-refractivity contribution is 0.0115. The number of piperidine rings is 1. The Morgan fingerprint density at radius 3 is 2.48 bits per heavy atom. The molecule has 2 saturated heterocycles. The van der Waals surface area contributed by atoms with Crippen LogP contribution in [0, 0.1) is 5.92 Å². The number of morpholine rings is 1. The zero-order chi connectivity index (χ0) is 30.7. The Bertz CT molecular complexity index is 1550. The number of nitrogens with one attached hydrogen (secondary N) is 2. The van der Waals surface area contributed by atoms with Crippen LogP contribution in [-0.4, -0.2) is 80.6 Å². The van der Waals surface area contributed by atoms with E-state index in [1.165, 1.54) is 19.0 Å². The maximum atomic E-state index is 13.0. The number of aromatic nitrogens is 2. The lowest BCUT2D eigenvalue weighted by Crippen LogP contribution is -2.49. The third-order valence-corrected chi connectivity index (χ3v) is 11.1. The number of nitrogens with zero attached hydrogens (tertiary/aromatic N) is 4. The first kappa shape index (κ1) is 30.9. The van der Waals surface area contributed by atoms with E-state index in [1.54, 1.807) is 38.1 Å². The fraction of sp³-hybridized carbons (Fsp3) is 0.500. The molecule has 2 aromatic carbocycles. The molecule has 3 heterocycles. The van der Waals surface area contributed by atoms with E-state index >= 15 is 0 Å². The SMILES string of the molecule is CC(C)S(=O)(=O)c1ccccc1Nc1nc(Nc2ccc(N3CCC(N4CCOCC4)CC3)cc2OCC2CC2)ncc1Cl. The van der Waals surface area contributed by atoms with Gasteiger partial charge in [0, 0.05) is 44.0 Å². The van der Waals surface area contributed by atoms with Crippen LogP contribution in [0.3, 0.4) is 0 Å². The zero-order valence-electron chi connectivity index (χ0n) is 25.3. The third kappa shape index (κ3) is 7.22. The molecule has 0 spiro atoms. The van der Waals surface area contributed by atoms with Gasteiger partial charge in [0.1, 0.15) is 10.8 Å². The average Bonchev–Trinajstić information content (AvgIpc) is 3.87. The summed E-state index contributed by atoms with van der Waals surface area (Å²) in [5, 5.41) is 6.13. The van der Waals surface area contributed by atoms with E-state index < -0.39 is 15.1 Å². The first-order chi connectivity index (χ1) is 21.3. The Morgan fingerprint density at radius 1 is 1.00 bits per heavy atom. The van der Waals surface area contributed by atoms with Crippen molar-refractivity contribution in [1.82, 2.24) is 14.9 Å². The lowest BCUT2D eigenvalue weighted by atomic mass is 10.0. The van der Waals surface area contributed by atoms with Crippen LogP contribution in [0.1, 0.15) is 39.5 Å². The maximum absolute atomic E-state index is 13.0. The van der Waals surface area contributed by atoms with Crippen molar-refractivity contribution in [2.45, 2.75) is 55.7 Å². The fourth-order valence-corrected chi connectivity index (χ4v) is 7.03. The van der Waals surface area contributed by atoms with Gasteiger partial charge in [0.25, 0.3) is 0 Å². The van der Waals surface area contributed by atoms with Crippen molar-refractivity contribution in [2.24, 2.45) is 5.92 Å². The summed E-state index contributed by atoms with van der Waals surface area (Å²) in [7, 11) is -3.53. The molecular weight excluding hydrogens is 600 g/mol. The highest BCUT2D eigenvalue weighted by Crippen LogP contribution is 2.37. The second-order valence-electron chi connectivity index (χ2n) is 12.0. The summed E-state index contributed by atoms with van der Waals surface area (Å²) in [5.74, 6) is 1.97. The van der Waals surface area contributed by atoms with E-state index in [4.69, 9.17) is 21.1 Å². The van der Waals surface area contributed by atoms with Gasteiger partial charge in [-0.1, -0.05) is 23.7 Å². The zero-order valence-corrected chi connectivity index (χ0v) is 26.9. The van der Waals surface area contributed by atoms with Crippen molar-refractivity contribution >= 4 is 50.3 Å². The van der Waals surface area contributed by atoms with Gasteiger partial charge >= 0.3 is 0 Å². The van der Waals surface area contributed by atoms with Gasteiger partial charge in [-0.3, -0.25) is 4.90 Å². The Labute approximate surface area is 265 Å². The highest BCUT2D eigenvalue weighted by atomic mass is 35.5. The van der Waals surface area contributed by atoms with E-state index in [-0.39, 0.29) is 9.92 Å². The van der Waals surface area contributed by atoms with Crippen molar-refractivity contribution < 1.29 is 17.9 Å². The Balaban J connectivity index is 1.19. The lowest BCUT2D eigenvalue weighted by Gasteiger charge is -2.41. The number of ether oxygens (including phenoxy) is 2. The van der Waals surface area contributed by atoms with Gasteiger partial charge in [0.15, 0.2) is 15.7 Å². The van der Waals surface area contributed by atoms with Crippen LogP contribution >= 0.6 is 11.6 Å². The molecule has 1 saturated carbocycles. The minimum Gasteiger partial charge on any atom is -0.491 e. The fourth-order valence-electron chi connectivity index (χ4n) is 5.69. The van der Waals surface area contributed by atoms with Crippen LogP contribution in [0.15, 0.2) is 53.6 Å². The van der Waals surface area contributed by atoms with Crippen molar-refractivity contribution in [1.29, 1.82) is 0 Å². The smallest absolute Gasteiger partial charge is 0.229 e. The van der Waals surface area contributed by atoms with Crippen LogP contribution in [0.2, 0.25) is 5.02 Å². The average molecular weight is 641 g/mol. The standard InChI is InChI=1S/C32H41ClN6O4S/c1-22(2)44(40,41)30-6-4-3-5-28(30)35-31-26(33)20-34-32(37-31)36-27-10-9-25(19-29(27)43-21-23-7-8-23)38-13-11-24(12-14-38)39-15-17-42-18-16-39/h3-6,9-10,19-20,22-24H,7-8,11-18,21H2,1-2H3,(H2,34,35,36,37). The number of halogens is 1. The summed E-state index contributed by atoms with van der Waals surface area (Å²) in [6.07, 6.45) is 6.15. The van der Waals surface area contributed by atoms with E-state index in [0.29, 0.717) is 36.0 Å². The van der Waals surface area contributed by atoms with Gasteiger partial charge in [-0.25, -0.2) is 13.4 Å². The molecule has 6 rings (SSSR count). The highest BCUT2D eigenvalue weighted by Gasteiger charge is 2.27. The summed E-state index contributed by atoms with van der Waals surface area (Å²) in [5.41, 5.74) is 2.31. The quantitative estimate of drug-likeness (QED) is 0.263. The summed E-state index contributed by atoms with van der Waals surface area (Å²) in [6.45, 7) is 9.71. The number of sulfone groups is 1. The molecule has 10 nitrogen and oxygen atoms in total. The van der Waals surface area contributed by atoms with Gasteiger partial charge < -0.3 is 25.0 Å². The molecule has 1 aliphatic carbocycles. The van der Waals surface area contributed by atoms with Crippen molar-refractivity contribution in [3.05, 3.63) is 53.7 Å². The molecule has 3 aliphatic rings. The summed E-state index contributed by atoms with van der Waals surface area (Å²) < 4.78 is 37.8. The van der Waals surface area contributed by atoms with Gasteiger partial charge in [-0.05, 0) is 69.7 Å². The molecule has 12 heteroatoms. The number of hydrogen-bond acceptors (Lipinski definition) is 10. The Morgan fingerprint density at radius 2 is 1.75 bits per heavy atom. The summed E-state index contributed by atoms with van der Waals surface area (Å²) in [4.78, 5) is 14.2. The number of anilines is 5.